The predicted octanol–water partition coefficient (Wildman–Crippen LogP) is 3.09. The second-order valence-corrected chi connectivity index (χ2v) is 4.29. The van der Waals surface area contributed by atoms with E-state index in [0.717, 1.165) is 0 Å². The molecule has 0 spiro atoms. The first-order chi connectivity index (χ1) is 9.08. The van der Waals surface area contributed by atoms with E-state index in [1.807, 2.05) is 0 Å². The van der Waals surface area contributed by atoms with E-state index in [0.29, 0.717) is 15.6 Å². The van der Waals surface area contributed by atoms with Crippen molar-refractivity contribution in [2.24, 2.45) is 0 Å². The maximum atomic E-state index is 11.6. The first-order valence-corrected chi connectivity index (χ1v) is 6.07. The van der Waals surface area contributed by atoms with E-state index in [2.05, 4.69) is 0 Å². The molecular formula is C13H11Cl2NO3. The molecule has 0 aliphatic rings. The molecule has 6 heteroatoms. The highest BCUT2D eigenvalue weighted by atomic mass is 35.5. The highest BCUT2D eigenvalue weighted by molar-refractivity contribution is 6.42. The second kappa shape index (κ2) is 7.80. The lowest BCUT2D eigenvalue weighted by Gasteiger charge is -2.03. The molecule has 100 valence electrons. The predicted molar refractivity (Wildman–Crippen MR) is 72.9 cm³/mol. The van der Waals surface area contributed by atoms with Gasteiger partial charge in [-0.3, -0.25) is 0 Å². The number of hydrogen-bond acceptors (Lipinski definition) is 4. The molecule has 0 aromatic heterocycles. The summed E-state index contributed by atoms with van der Waals surface area (Å²) < 4.78 is 9.59. The zero-order valence-corrected chi connectivity index (χ0v) is 11.7. The van der Waals surface area contributed by atoms with Gasteiger partial charge in [-0.25, -0.2) is 4.79 Å². The minimum Gasteiger partial charge on any atom is -0.459 e. The van der Waals surface area contributed by atoms with Crippen molar-refractivity contribution >= 4 is 35.2 Å². The minimum atomic E-state index is -0.703. The van der Waals surface area contributed by atoms with Crippen molar-refractivity contribution in [3.05, 3.63) is 39.4 Å². The fourth-order valence-corrected chi connectivity index (χ4v) is 1.51. The normalized spacial score (nSPS) is 10.9. The van der Waals surface area contributed by atoms with E-state index in [9.17, 15) is 4.79 Å². The van der Waals surface area contributed by atoms with E-state index in [4.69, 9.17) is 37.9 Å². The van der Waals surface area contributed by atoms with Crippen LogP contribution in [-0.2, 0) is 14.3 Å². The van der Waals surface area contributed by atoms with Crippen molar-refractivity contribution in [3.63, 3.8) is 0 Å². The van der Waals surface area contributed by atoms with E-state index in [1.54, 1.807) is 24.3 Å². The van der Waals surface area contributed by atoms with Crippen LogP contribution in [0.15, 0.2) is 23.8 Å². The van der Waals surface area contributed by atoms with Gasteiger partial charge in [-0.15, -0.1) is 0 Å². The average molecular weight is 300 g/mol. The molecule has 0 saturated carbocycles. The molecule has 0 bridgehead atoms. The van der Waals surface area contributed by atoms with Gasteiger partial charge in [0, 0.05) is 7.11 Å². The lowest BCUT2D eigenvalue weighted by atomic mass is 10.1. The molecule has 0 unspecified atom stereocenters. The molecule has 1 rings (SSSR count). The second-order valence-electron chi connectivity index (χ2n) is 3.47. The molecule has 4 nitrogen and oxygen atoms in total. The maximum Gasteiger partial charge on any atom is 0.348 e. The van der Waals surface area contributed by atoms with Crippen LogP contribution >= 0.6 is 23.2 Å². The first kappa shape index (κ1) is 15.5. The molecule has 0 heterocycles. The summed E-state index contributed by atoms with van der Waals surface area (Å²) in [6, 6.07) is 6.57. The Hall–Kier alpha value is -1.54. The number of hydrogen-bond donors (Lipinski definition) is 0. The molecule has 0 aliphatic heterocycles. The van der Waals surface area contributed by atoms with E-state index in [-0.39, 0.29) is 18.8 Å². The number of nitrogens with zero attached hydrogens (tertiary/aromatic N) is 1. The van der Waals surface area contributed by atoms with Crippen LogP contribution in [0.25, 0.3) is 6.08 Å². The maximum absolute atomic E-state index is 11.6. The standard InChI is InChI=1S/C13H11Cl2NO3/c1-18-4-5-19-13(17)10(8-16)6-9-2-3-11(14)12(15)7-9/h2-3,6-7H,4-5H2,1H3/b10-6+. The van der Waals surface area contributed by atoms with Crippen LogP contribution in [0.3, 0.4) is 0 Å². The SMILES string of the molecule is COCCOC(=O)/C(C#N)=C/c1ccc(Cl)c(Cl)c1. The third kappa shape index (κ3) is 4.92. The Morgan fingerprint density at radius 2 is 2.11 bits per heavy atom. The van der Waals surface area contributed by atoms with Gasteiger partial charge in [0.05, 0.1) is 16.7 Å². The number of carbonyl (C=O) groups is 1. The number of esters is 1. The summed E-state index contributed by atoms with van der Waals surface area (Å²) in [5.41, 5.74) is 0.476. The largest absolute Gasteiger partial charge is 0.459 e. The molecule has 19 heavy (non-hydrogen) atoms. The zero-order valence-electron chi connectivity index (χ0n) is 10.2. The van der Waals surface area contributed by atoms with Gasteiger partial charge in [0.25, 0.3) is 0 Å². The Balaban J connectivity index is 2.84. The molecule has 0 amide bonds. The third-order valence-corrected chi connectivity index (χ3v) is 2.85. The van der Waals surface area contributed by atoms with Crippen molar-refractivity contribution in [2.45, 2.75) is 0 Å². The van der Waals surface area contributed by atoms with Crippen LogP contribution < -0.4 is 0 Å². The van der Waals surface area contributed by atoms with Crippen LogP contribution in [0.2, 0.25) is 10.0 Å². The summed E-state index contributed by atoms with van der Waals surface area (Å²) in [7, 11) is 1.49. The van der Waals surface area contributed by atoms with Gasteiger partial charge >= 0.3 is 5.97 Å². The molecule has 1 aromatic rings. The quantitative estimate of drug-likeness (QED) is 0.363. The number of ether oxygens (including phenoxy) is 2. The number of methoxy groups -OCH3 is 1. The van der Waals surface area contributed by atoms with Crippen molar-refractivity contribution in [3.8, 4) is 6.07 Å². The van der Waals surface area contributed by atoms with Gasteiger partial charge in [-0.05, 0) is 23.8 Å². The Morgan fingerprint density at radius 1 is 1.37 bits per heavy atom. The van der Waals surface area contributed by atoms with Crippen LogP contribution in [0.1, 0.15) is 5.56 Å². The molecule has 0 atom stereocenters. The van der Waals surface area contributed by atoms with Crippen LogP contribution in [0.5, 0.6) is 0 Å². The number of halogens is 2. The fraction of sp³-hybridized carbons (Fsp3) is 0.231. The summed E-state index contributed by atoms with van der Waals surface area (Å²) >= 11 is 11.6. The number of carbonyl (C=O) groups excluding carboxylic acids is 1. The average Bonchev–Trinajstić information content (AvgIpc) is 2.40. The lowest BCUT2D eigenvalue weighted by Crippen LogP contribution is -2.11. The highest BCUT2D eigenvalue weighted by Crippen LogP contribution is 2.23. The van der Waals surface area contributed by atoms with Gasteiger partial charge in [0.1, 0.15) is 18.2 Å². The molecular weight excluding hydrogens is 289 g/mol. The fourth-order valence-electron chi connectivity index (χ4n) is 1.20. The van der Waals surface area contributed by atoms with Crippen LogP contribution in [-0.4, -0.2) is 26.3 Å². The summed E-state index contributed by atoms with van der Waals surface area (Å²) in [5, 5.41) is 9.68. The van der Waals surface area contributed by atoms with Crippen molar-refractivity contribution in [2.75, 3.05) is 20.3 Å². The van der Waals surface area contributed by atoms with Gasteiger partial charge < -0.3 is 9.47 Å². The topological polar surface area (TPSA) is 59.3 Å². The molecule has 1 aromatic carbocycles. The van der Waals surface area contributed by atoms with E-state index in [1.165, 1.54) is 13.2 Å². The van der Waals surface area contributed by atoms with Gasteiger partial charge in [0.15, 0.2) is 0 Å². The smallest absolute Gasteiger partial charge is 0.348 e. The summed E-state index contributed by atoms with van der Waals surface area (Å²) in [6.45, 7) is 0.368. The molecule has 0 radical (unpaired) electrons. The monoisotopic (exact) mass is 299 g/mol. The van der Waals surface area contributed by atoms with Gasteiger partial charge in [0.2, 0.25) is 0 Å². The van der Waals surface area contributed by atoms with Crippen molar-refractivity contribution < 1.29 is 14.3 Å². The van der Waals surface area contributed by atoms with Crippen LogP contribution in [0.4, 0.5) is 0 Å². The van der Waals surface area contributed by atoms with Crippen molar-refractivity contribution in [1.82, 2.24) is 0 Å². The van der Waals surface area contributed by atoms with E-state index >= 15 is 0 Å². The first-order valence-electron chi connectivity index (χ1n) is 5.31. The minimum absolute atomic E-state index is 0.0930. The molecule has 0 aliphatic carbocycles. The Kier molecular flexibility index (Phi) is 6.37. The summed E-state index contributed by atoms with van der Waals surface area (Å²) in [5.74, 6) is -0.703. The Morgan fingerprint density at radius 3 is 2.68 bits per heavy atom. The third-order valence-electron chi connectivity index (χ3n) is 2.12. The van der Waals surface area contributed by atoms with Crippen LogP contribution in [0, 0.1) is 11.3 Å². The van der Waals surface area contributed by atoms with Gasteiger partial charge in [-0.1, -0.05) is 29.3 Å². The lowest BCUT2D eigenvalue weighted by molar-refractivity contribution is -0.139. The molecule has 0 N–H and O–H groups in total. The summed E-state index contributed by atoms with van der Waals surface area (Å²) in [6.07, 6.45) is 1.39. The molecule has 0 saturated heterocycles. The number of nitriles is 1. The summed E-state index contributed by atoms with van der Waals surface area (Å²) in [4.78, 5) is 11.6. The number of benzene rings is 1. The van der Waals surface area contributed by atoms with Crippen molar-refractivity contribution in [1.29, 1.82) is 5.26 Å². The Labute approximate surface area is 121 Å². The zero-order chi connectivity index (χ0) is 14.3. The van der Waals surface area contributed by atoms with Gasteiger partial charge in [-0.2, -0.15) is 5.26 Å². The highest BCUT2D eigenvalue weighted by Gasteiger charge is 2.10. The number of rotatable bonds is 5. The molecule has 0 fully saturated rings. The van der Waals surface area contributed by atoms with E-state index < -0.39 is 5.97 Å². The Bertz CT molecular complexity index is 535.